The first kappa shape index (κ1) is 20.0. The van der Waals surface area contributed by atoms with Crippen LogP contribution in [0.1, 0.15) is 23.1 Å². The number of hydrogen-bond donors (Lipinski definition) is 3. The van der Waals surface area contributed by atoms with Crippen LogP contribution in [-0.4, -0.2) is 17.2 Å². The van der Waals surface area contributed by atoms with Crippen LogP contribution in [0.3, 0.4) is 0 Å². The highest BCUT2D eigenvalue weighted by Crippen LogP contribution is 2.28. The number of fused-ring (bicyclic) bond motifs is 1. The van der Waals surface area contributed by atoms with Crippen molar-refractivity contribution >= 4 is 11.7 Å². The molecule has 0 saturated carbocycles. The molecule has 0 fully saturated rings. The molecule has 6 heteroatoms. The maximum atomic E-state index is 13.5. The first-order valence-electron chi connectivity index (χ1n) is 9.87. The number of hydrogen-bond acceptors (Lipinski definition) is 2. The molecule has 4 rings (SSSR count). The van der Waals surface area contributed by atoms with Gasteiger partial charge in [-0.1, -0.05) is 36.4 Å². The average Bonchev–Trinajstić information content (AvgIpc) is 2.75. The number of benzene rings is 3. The molecule has 3 aromatic rings. The first-order valence-corrected chi connectivity index (χ1v) is 9.87. The zero-order valence-electron chi connectivity index (χ0n) is 16.3. The molecule has 0 radical (unpaired) electrons. The van der Waals surface area contributed by atoms with Crippen molar-refractivity contribution in [2.45, 2.75) is 31.9 Å². The van der Waals surface area contributed by atoms with Gasteiger partial charge in [-0.2, -0.15) is 0 Å². The molecule has 2 amide bonds. The van der Waals surface area contributed by atoms with Crippen molar-refractivity contribution in [3.05, 3.63) is 89.0 Å². The minimum Gasteiger partial charge on any atom is -0.393 e. The van der Waals surface area contributed by atoms with Crippen LogP contribution in [0.2, 0.25) is 0 Å². The summed E-state index contributed by atoms with van der Waals surface area (Å²) >= 11 is 0. The van der Waals surface area contributed by atoms with Gasteiger partial charge in [-0.25, -0.2) is 13.6 Å². The summed E-state index contributed by atoms with van der Waals surface area (Å²) in [6.45, 7) is 0.279. The fraction of sp³-hybridized carbons (Fsp3) is 0.208. The number of carbonyl (C=O) groups is 1. The number of amides is 2. The number of rotatable bonds is 4. The Bertz CT molecular complexity index is 1080. The van der Waals surface area contributed by atoms with Gasteiger partial charge in [-0.05, 0) is 64.9 Å². The predicted molar refractivity (Wildman–Crippen MR) is 112 cm³/mol. The normalized spacial score (nSPS) is 15.4. The molecule has 4 nitrogen and oxygen atoms in total. The molecule has 0 aromatic heterocycles. The third-order valence-corrected chi connectivity index (χ3v) is 5.34. The molecule has 1 aliphatic carbocycles. The maximum absolute atomic E-state index is 13.5. The summed E-state index contributed by atoms with van der Waals surface area (Å²) < 4.78 is 26.7. The average molecular weight is 408 g/mol. The zero-order chi connectivity index (χ0) is 21.1. The fourth-order valence-electron chi connectivity index (χ4n) is 3.77. The molecule has 154 valence electrons. The van der Waals surface area contributed by atoms with Crippen LogP contribution >= 0.6 is 0 Å². The van der Waals surface area contributed by atoms with E-state index >= 15 is 0 Å². The Hall–Kier alpha value is -3.25. The second kappa shape index (κ2) is 8.63. The molecule has 0 spiro atoms. The van der Waals surface area contributed by atoms with Gasteiger partial charge in [-0.3, -0.25) is 0 Å². The van der Waals surface area contributed by atoms with E-state index in [0.717, 1.165) is 47.2 Å². The van der Waals surface area contributed by atoms with E-state index < -0.39 is 11.6 Å². The Morgan fingerprint density at radius 1 is 1.00 bits per heavy atom. The van der Waals surface area contributed by atoms with E-state index in [1.807, 2.05) is 30.3 Å². The molecular weight excluding hydrogens is 386 g/mol. The van der Waals surface area contributed by atoms with Gasteiger partial charge in [0.15, 0.2) is 11.6 Å². The minimum atomic E-state index is -0.897. The van der Waals surface area contributed by atoms with Crippen LogP contribution < -0.4 is 10.6 Å². The van der Waals surface area contributed by atoms with E-state index in [-0.39, 0.29) is 18.7 Å². The van der Waals surface area contributed by atoms with Gasteiger partial charge in [0.25, 0.3) is 0 Å². The number of halogens is 2. The summed E-state index contributed by atoms with van der Waals surface area (Å²) in [6.07, 6.45) is 1.67. The van der Waals surface area contributed by atoms with Gasteiger partial charge in [0.05, 0.1) is 6.10 Å². The highest BCUT2D eigenvalue weighted by atomic mass is 19.2. The lowest BCUT2D eigenvalue weighted by atomic mass is 9.88. The number of urea groups is 1. The van der Waals surface area contributed by atoms with Crippen LogP contribution in [-0.2, 0) is 19.4 Å². The number of aryl methyl sites for hydroxylation is 1. The van der Waals surface area contributed by atoms with Gasteiger partial charge in [0.2, 0.25) is 0 Å². The minimum absolute atomic E-state index is 0.279. The van der Waals surface area contributed by atoms with Gasteiger partial charge >= 0.3 is 6.03 Å². The van der Waals surface area contributed by atoms with Gasteiger partial charge in [0, 0.05) is 18.7 Å². The van der Waals surface area contributed by atoms with Gasteiger partial charge < -0.3 is 15.7 Å². The summed E-state index contributed by atoms with van der Waals surface area (Å²) in [6, 6.07) is 16.5. The van der Waals surface area contributed by atoms with E-state index in [1.165, 1.54) is 6.07 Å². The van der Waals surface area contributed by atoms with E-state index in [0.29, 0.717) is 17.7 Å². The van der Waals surface area contributed by atoms with Crippen LogP contribution in [0.15, 0.2) is 60.7 Å². The van der Waals surface area contributed by atoms with Crippen LogP contribution in [0.5, 0.6) is 0 Å². The molecule has 0 aliphatic heterocycles. The second-order valence-electron chi connectivity index (χ2n) is 7.48. The molecule has 1 aliphatic rings. The largest absolute Gasteiger partial charge is 0.393 e. The summed E-state index contributed by atoms with van der Waals surface area (Å²) in [4.78, 5) is 12.4. The standard InChI is InChI=1S/C24H22F2N2O2/c25-21-10-8-18(12-22(21)26)17-5-1-3-15(11-17)14-27-24(30)28-23-6-2-4-16-7-9-19(29)13-20(16)23/h1-6,8,10-12,19,29H,7,9,13-14H2,(H2,27,28,30). The Morgan fingerprint density at radius 3 is 2.63 bits per heavy atom. The lowest BCUT2D eigenvalue weighted by Gasteiger charge is -2.23. The van der Waals surface area contributed by atoms with Crippen molar-refractivity contribution < 1.29 is 18.7 Å². The number of aliphatic hydroxyl groups excluding tert-OH is 1. The van der Waals surface area contributed by atoms with Gasteiger partial charge in [-0.15, -0.1) is 0 Å². The third-order valence-electron chi connectivity index (χ3n) is 5.34. The summed E-state index contributed by atoms with van der Waals surface area (Å²) in [7, 11) is 0. The predicted octanol–water partition coefficient (Wildman–Crippen LogP) is 4.80. The van der Waals surface area contributed by atoms with Crippen molar-refractivity contribution in [3.8, 4) is 11.1 Å². The van der Waals surface area contributed by atoms with Crippen molar-refractivity contribution in [3.63, 3.8) is 0 Å². The maximum Gasteiger partial charge on any atom is 0.319 e. The topological polar surface area (TPSA) is 61.4 Å². The van der Waals surface area contributed by atoms with E-state index in [9.17, 15) is 18.7 Å². The second-order valence-corrected chi connectivity index (χ2v) is 7.48. The number of nitrogens with one attached hydrogen (secondary N) is 2. The molecule has 0 heterocycles. The quantitative estimate of drug-likeness (QED) is 0.581. The van der Waals surface area contributed by atoms with Crippen molar-refractivity contribution in [1.82, 2.24) is 5.32 Å². The summed E-state index contributed by atoms with van der Waals surface area (Å²) in [5.41, 5.74) is 4.97. The molecule has 30 heavy (non-hydrogen) atoms. The lowest BCUT2D eigenvalue weighted by Crippen LogP contribution is -2.29. The SMILES string of the molecule is O=C(NCc1cccc(-c2ccc(F)c(F)c2)c1)Nc1cccc2c1CC(O)CC2. The molecule has 1 unspecified atom stereocenters. The van der Waals surface area contributed by atoms with E-state index in [4.69, 9.17) is 0 Å². The summed E-state index contributed by atoms with van der Waals surface area (Å²) in [5.74, 6) is -1.78. The van der Waals surface area contributed by atoms with Gasteiger partial charge in [0.1, 0.15) is 0 Å². The first-order chi connectivity index (χ1) is 14.5. The van der Waals surface area contributed by atoms with Crippen molar-refractivity contribution in [1.29, 1.82) is 0 Å². The van der Waals surface area contributed by atoms with Crippen LogP contribution in [0.4, 0.5) is 19.3 Å². The number of aliphatic hydroxyl groups is 1. The molecular formula is C24H22F2N2O2. The molecule has 0 bridgehead atoms. The van der Waals surface area contributed by atoms with Crippen molar-refractivity contribution in [2.24, 2.45) is 0 Å². The highest BCUT2D eigenvalue weighted by molar-refractivity contribution is 5.90. The van der Waals surface area contributed by atoms with Crippen molar-refractivity contribution in [2.75, 3.05) is 5.32 Å². The molecule has 3 N–H and O–H groups in total. The van der Waals surface area contributed by atoms with E-state index in [2.05, 4.69) is 10.6 Å². The smallest absolute Gasteiger partial charge is 0.319 e. The molecule has 3 aromatic carbocycles. The highest BCUT2D eigenvalue weighted by Gasteiger charge is 2.19. The van der Waals surface area contributed by atoms with E-state index in [1.54, 1.807) is 12.1 Å². The monoisotopic (exact) mass is 408 g/mol. The van der Waals surface area contributed by atoms with Crippen LogP contribution in [0, 0.1) is 11.6 Å². The zero-order valence-corrected chi connectivity index (χ0v) is 16.3. The molecule has 0 saturated heterocycles. The Morgan fingerprint density at radius 2 is 1.80 bits per heavy atom. The number of anilines is 1. The summed E-state index contributed by atoms with van der Waals surface area (Å²) in [5, 5.41) is 15.6. The molecule has 1 atom stereocenters. The third kappa shape index (κ3) is 4.49. The van der Waals surface area contributed by atoms with Crippen LogP contribution in [0.25, 0.3) is 11.1 Å². The Kier molecular flexibility index (Phi) is 5.77. The fourth-order valence-corrected chi connectivity index (χ4v) is 3.77. The Balaban J connectivity index is 1.42. The lowest BCUT2D eigenvalue weighted by molar-refractivity contribution is 0.159. The number of carbonyl (C=O) groups excluding carboxylic acids is 1. The Labute approximate surface area is 173 Å².